The average Bonchev–Trinajstić information content (AvgIpc) is 2.91. The molecule has 1 aliphatic rings. The second-order valence-corrected chi connectivity index (χ2v) is 4.98. The Morgan fingerprint density at radius 1 is 1.31 bits per heavy atom. The van der Waals surface area contributed by atoms with Gasteiger partial charge in [0.15, 0.2) is 0 Å². The molecule has 1 saturated heterocycles. The average molecular weight is 373 g/mol. The topological polar surface area (TPSA) is 99.2 Å². The zero-order chi connectivity index (χ0) is 20.5. The van der Waals surface area contributed by atoms with Gasteiger partial charge in [-0.05, 0) is 0 Å². The molecule has 1 aliphatic heterocycles. The molecule has 2 N–H and O–H groups in total. The summed E-state index contributed by atoms with van der Waals surface area (Å²) in [5, 5.41) is 11.4. The van der Waals surface area contributed by atoms with Crippen molar-refractivity contribution in [2.45, 2.75) is 59.8 Å². The maximum absolute atomic E-state index is 11.8. The van der Waals surface area contributed by atoms with Crippen molar-refractivity contribution in [3.63, 3.8) is 0 Å². The highest BCUT2D eigenvalue weighted by Crippen LogP contribution is 2.15. The van der Waals surface area contributed by atoms with E-state index in [2.05, 4.69) is 0 Å². The predicted octanol–water partition coefficient (Wildman–Crippen LogP) is 1.10. The molecule has 2 atom stereocenters. The number of nitrogens with one attached hydrogen (secondary N) is 1. The minimum absolute atomic E-state index is 0.0197. The Morgan fingerprint density at radius 2 is 1.92 bits per heavy atom. The van der Waals surface area contributed by atoms with Gasteiger partial charge < -0.3 is 19.6 Å². The zero-order valence-corrected chi connectivity index (χ0v) is 16.9. The van der Waals surface area contributed by atoms with Gasteiger partial charge >= 0.3 is 0 Å². The summed E-state index contributed by atoms with van der Waals surface area (Å²) >= 11 is 0. The lowest BCUT2D eigenvalue weighted by Gasteiger charge is -2.27. The number of aliphatic hydroxyl groups excluding tert-OH is 1. The Morgan fingerprint density at radius 3 is 2.42 bits per heavy atom. The lowest BCUT2D eigenvalue weighted by molar-refractivity contribution is -0.132. The molecule has 8 nitrogen and oxygen atoms in total. The van der Waals surface area contributed by atoms with Crippen molar-refractivity contribution in [1.29, 1.82) is 0 Å². The van der Waals surface area contributed by atoms with Crippen LogP contribution >= 0.6 is 0 Å². The third-order valence-corrected chi connectivity index (χ3v) is 3.39. The molecular formula is C18H35N3O5. The summed E-state index contributed by atoms with van der Waals surface area (Å²) in [6.07, 6.45) is 3.14. The Hall–Kier alpha value is -1.93. The Labute approximate surface area is 157 Å². The van der Waals surface area contributed by atoms with E-state index in [-0.39, 0.29) is 18.7 Å². The number of rotatable bonds is 6. The number of hydrogen-bond acceptors (Lipinski definition) is 6. The van der Waals surface area contributed by atoms with Crippen molar-refractivity contribution in [2.24, 2.45) is 0 Å². The van der Waals surface area contributed by atoms with Gasteiger partial charge in [-0.3, -0.25) is 19.7 Å². The number of imide groups is 1. The van der Waals surface area contributed by atoms with Crippen molar-refractivity contribution < 1.29 is 24.2 Å². The number of hydrogen-bond donors (Lipinski definition) is 2. The molecule has 2 unspecified atom stereocenters. The van der Waals surface area contributed by atoms with Crippen molar-refractivity contribution in [1.82, 2.24) is 15.1 Å². The largest absolute Gasteiger partial charge is 0.394 e. The molecule has 0 radical (unpaired) electrons. The lowest BCUT2D eigenvalue weighted by atomic mass is 10.3. The summed E-state index contributed by atoms with van der Waals surface area (Å²) < 4.78 is 5.77. The number of ether oxygens (including phenoxy) is 1. The molecule has 1 rings (SSSR count). The van der Waals surface area contributed by atoms with Crippen LogP contribution in [0.4, 0.5) is 0 Å². The molecule has 3 amide bonds. The van der Waals surface area contributed by atoms with E-state index in [1.807, 2.05) is 33.0 Å². The fourth-order valence-corrected chi connectivity index (χ4v) is 2.17. The lowest BCUT2D eigenvalue weighted by Crippen LogP contribution is -2.38. The minimum atomic E-state index is -0.531. The zero-order valence-electron chi connectivity index (χ0n) is 16.9. The molecule has 0 spiro atoms. The van der Waals surface area contributed by atoms with Crippen LogP contribution in [0.2, 0.25) is 0 Å². The fourth-order valence-electron chi connectivity index (χ4n) is 2.17. The van der Waals surface area contributed by atoms with E-state index in [4.69, 9.17) is 4.74 Å². The number of nitrogens with zero attached hydrogens (tertiary/aromatic N) is 2. The van der Waals surface area contributed by atoms with Crippen LogP contribution in [0.1, 0.15) is 47.5 Å². The molecule has 0 aromatic carbocycles. The maximum Gasteiger partial charge on any atom is 0.251 e. The fraction of sp³-hybridized carbons (Fsp3) is 0.722. The first-order chi connectivity index (χ1) is 12.5. The van der Waals surface area contributed by atoms with Gasteiger partial charge in [0.25, 0.3) is 5.91 Å². The van der Waals surface area contributed by atoms with Crippen LogP contribution in [0.15, 0.2) is 12.3 Å². The predicted molar refractivity (Wildman–Crippen MR) is 101 cm³/mol. The third kappa shape index (κ3) is 10.1. The highest BCUT2D eigenvalue weighted by atomic mass is 16.5. The third-order valence-electron chi connectivity index (χ3n) is 3.39. The standard InChI is InChI=1S/C14H23N3O5.2C2H6/c1-3-13(21)17-7-5-14(22-11(8-17)9-18)16(2)6-4-12(20)15-10-19;2*1-2/h4,6,10-11,14,18H,3,5,7-9H2,1-2H3,(H,15,19,20);2*1-2H3/b6-4-;;. The molecule has 1 fully saturated rings. The second kappa shape index (κ2) is 16.5. The molecule has 152 valence electrons. The summed E-state index contributed by atoms with van der Waals surface area (Å²) in [6, 6.07) is 0. The first-order valence-corrected chi connectivity index (χ1v) is 9.20. The van der Waals surface area contributed by atoms with Crippen LogP contribution in [0.5, 0.6) is 0 Å². The molecule has 0 aromatic rings. The molecule has 26 heavy (non-hydrogen) atoms. The summed E-state index contributed by atoms with van der Waals surface area (Å²) in [4.78, 5) is 36.5. The van der Waals surface area contributed by atoms with E-state index in [1.54, 1.807) is 23.8 Å². The molecule has 8 heteroatoms. The molecule has 0 aliphatic carbocycles. The number of amides is 3. The van der Waals surface area contributed by atoms with E-state index in [1.165, 1.54) is 12.3 Å². The van der Waals surface area contributed by atoms with Gasteiger partial charge in [-0.2, -0.15) is 0 Å². The summed E-state index contributed by atoms with van der Waals surface area (Å²) in [7, 11) is 1.72. The molecular weight excluding hydrogens is 338 g/mol. The van der Waals surface area contributed by atoms with E-state index < -0.39 is 12.0 Å². The van der Waals surface area contributed by atoms with E-state index in [0.29, 0.717) is 32.3 Å². The van der Waals surface area contributed by atoms with Gasteiger partial charge in [-0.25, -0.2) is 0 Å². The van der Waals surface area contributed by atoms with Crippen LogP contribution in [0, 0.1) is 0 Å². The molecule has 0 bridgehead atoms. The van der Waals surface area contributed by atoms with Crippen molar-refractivity contribution in [2.75, 3.05) is 26.7 Å². The summed E-state index contributed by atoms with van der Waals surface area (Å²) in [6.45, 7) is 10.5. The van der Waals surface area contributed by atoms with Gasteiger partial charge in [-0.15, -0.1) is 0 Å². The van der Waals surface area contributed by atoms with E-state index in [0.717, 1.165) is 0 Å². The summed E-state index contributed by atoms with van der Waals surface area (Å²) in [5.74, 6) is -0.511. The van der Waals surface area contributed by atoms with Crippen molar-refractivity contribution >= 4 is 18.2 Å². The van der Waals surface area contributed by atoms with Crippen molar-refractivity contribution in [3.05, 3.63) is 12.3 Å². The van der Waals surface area contributed by atoms with E-state index >= 15 is 0 Å². The van der Waals surface area contributed by atoms with Crippen LogP contribution in [-0.2, 0) is 19.1 Å². The van der Waals surface area contributed by atoms with Gasteiger partial charge in [-0.1, -0.05) is 34.6 Å². The van der Waals surface area contributed by atoms with Gasteiger partial charge in [0.05, 0.1) is 6.61 Å². The first kappa shape index (κ1) is 26.3. The van der Waals surface area contributed by atoms with Crippen LogP contribution in [-0.4, -0.2) is 72.2 Å². The second-order valence-electron chi connectivity index (χ2n) is 4.98. The normalized spacial score (nSPS) is 19.3. The first-order valence-electron chi connectivity index (χ1n) is 9.20. The SMILES string of the molecule is CC.CC.CCC(=O)N1CCC(N(C)/C=C\C(=O)NC=O)OC(CO)C1. The van der Waals surface area contributed by atoms with Crippen LogP contribution in [0.3, 0.4) is 0 Å². The van der Waals surface area contributed by atoms with Crippen LogP contribution < -0.4 is 5.32 Å². The van der Waals surface area contributed by atoms with Crippen LogP contribution in [0.25, 0.3) is 0 Å². The quantitative estimate of drug-likeness (QED) is 0.534. The Kier molecular flexibility index (Phi) is 16.7. The molecule has 0 saturated carbocycles. The smallest absolute Gasteiger partial charge is 0.251 e. The maximum atomic E-state index is 11.8. The molecule has 1 heterocycles. The minimum Gasteiger partial charge on any atom is -0.394 e. The van der Waals surface area contributed by atoms with E-state index in [9.17, 15) is 19.5 Å². The monoisotopic (exact) mass is 373 g/mol. The van der Waals surface area contributed by atoms with Gasteiger partial charge in [0.2, 0.25) is 12.3 Å². The number of aliphatic hydroxyl groups is 1. The summed E-state index contributed by atoms with van der Waals surface area (Å²) in [5.41, 5.74) is 0. The van der Waals surface area contributed by atoms with Gasteiger partial charge in [0.1, 0.15) is 12.3 Å². The molecule has 0 aromatic heterocycles. The number of carbonyl (C=O) groups is 3. The van der Waals surface area contributed by atoms with Gasteiger partial charge in [0, 0.05) is 45.3 Å². The van der Waals surface area contributed by atoms with Crippen molar-refractivity contribution in [3.8, 4) is 0 Å². The number of carbonyl (C=O) groups excluding carboxylic acids is 3. The Bertz CT molecular complexity index is 429. The highest BCUT2D eigenvalue weighted by Gasteiger charge is 2.27. The Balaban J connectivity index is 0. The highest BCUT2D eigenvalue weighted by molar-refractivity contribution is 5.94.